The lowest BCUT2D eigenvalue weighted by atomic mass is 9.77. The zero-order valence-electron chi connectivity index (χ0n) is 15.6. The Morgan fingerprint density at radius 2 is 2.00 bits per heavy atom. The molecule has 140 valence electrons. The molecule has 26 heavy (non-hydrogen) atoms. The second-order valence-electron chi connectivity index (χ2n) is 7.90. The van der Waals surface area contributed by atoms with Gasteiger partial charge in [-0.25, -0.2) is 0 Å². The van der Waals surface area contributed by atoms with Crippen molar-refractivity contribution in [3.63, 3.8) is 0 Å². The van der Waals surface area contributed by atoms with Gasteiger partial charge in [-0.1, -0.05) is 18.2 Å². The Morgan fingerprint density at radius 3 is 2.62 bits per heavy atom. The molecule has 1 aromatic carbocycles. The van der Waals surface area contributed by atoms with Crippen LogP contribution < -0.4 is 10.1 Å². The topological polar surface area (TPSA) is 58.6 Å². The first kappa shape index (κ1) is 19.0. The average molecular weight is 421 g/mol. The normalized spacial score (nSPS) is 23.1. The molecule has 0 saturated carbocycles. The van der Waals surface area contributed by atoms with Crippen LogP contribution in [0.5, 0.6) is 5.75 Å². The fourth-order valence-electron chi connectivity index (χ4n) is 3.69. The molecular weight excluding hydrogens is 396 g/mol. The summed E-state index contributed by atoms with van der Waals surface area (Å²) in [7, 11) is 1.60. The molecule has 1 heterocycles. The van der Waals surface area contributed by atoms with Crippen molar-refractivity contribution in [2.75, 3.05) is 7.11 Å². The molecule has 1 aliphatic heterocycles. The first-order chi connectivity index (χ1) is 12.2. The van der Waals surface area contributed by atoms with Crippen molar-refractivity contribution < 1.29 is 14.3 Å². The summed E-state index contributed by atoms with van der Waals surface area (Å²) in [5.74, 6) is 0.597. The van der Waals surface area contributed by atoms with Crippen molar-refractivity contribution in [3.8, 4) is 5.75 Å². The van der Waals surface area contributed by atoms with E-state index in [1.807, 2.05) is 39.0 Å². The van der Waals surface area contributed by atoms with Crippen LogP contribution in [0.3, 0.4) is 0 Å². The van der Waals surface area contributed by atoms with E-state index in [1.54, 1.807) is 12.0 Å². The number of methoxy groups -OCH3 is 1. The Morgan fingerprint density at radius 1 is 1.31 bits per heavy atom. The fourth-order valence-corrected chi connectivity index (χ4v) is 4.25. The van der Waals surface area contributed by atoms with E-state index in [2.05, 4.69) is 33.4 Å². The summed E-state index contributed by atoms with van der Waals surface area (Å²) in [6, 6.07) is 4.99. The number of ether oxygens (including phenoxy) is 1. The van der Waals surface area contributed by atoms with Crippen LogP contribution in [0.4, 0.5) is 0 Å². The van der Waals surface area contributed by atoms with E-state index in [-0.39, 0.29) is 29.3 Å². The van der Waals surface area contributed by atoms with Gasteiger partial charge in [0.1, 0.15) is 11.8 Å². The van der Waals surface area contributed by atoms with E-state index in [1.165, 1.54) is 0 Å². The van der Waals surface area contributed by atoms with E-state index >= 15 is 0 Å². The van der Waals surface area contributed by atoms with Crippen molar-refractivity contribution in [2.45, 2.75) is 51.2 Å². The van der Waals surface area contributed by atoms with Gasteiger partial charge >= 0.3 is 0 Å². The predicted molar refractivity (Wildman–Crippen MR) is 104 cm³/mol. The van der Waals surface area contributed by atoms with Crippen molar-refractivity contribution in [1.82, 2.24) is 10.2 Å². The van der Waals surface area contributed by atoms with Gasteiger partial charge in [0.15, 0.2) is 0 Å². The third-order valence-electron chi connectivity index (χ3n) is 4.84. The van der Waals surface area contributed by atoms with Gasteiger partial charge in [0.25, 0.3) is 0 Å². The second kappa shape index (κ2) is 7.06. The van der Waals surface area contributed by atoms with Gasteiger partial charge in [-0.15, -0.1) is 0 Å². The molecule has 5 nitrogen and oxygen atoms in total. The number of fused-ring (bicyclic) bond motifs is 1. The van der Waals surface area contributed by atoms with Crippen LogP contribution >= 0.6 is 15.9 Å². The quantitative estimate of drug-likeness (QED) is 0.597. The maximum absolute atomic E-state index is 13.1. The number of hydrogen-bond donors (Lipinski definition) is 1. The molecule has 6 heteroatoms. The highest BCUT2D eigenvalue weighted by atomic mass is 79.9. The summed E-state index contributed by atoms with van der Waals surface area (Å²) in [4.78, 5) is 27.6. The third kappa shape index (κ3) is 3.52. The number of nitrogens with one attached hydrogen (secondary N) is 1. The molecule has 3 rings (SSSR count). The first-order valence-corrected chi connectivity index (χ1v) is 9.65. The predicted octanol–water partition coefficient (Wildman–Crippen LogP) is 3.59. The van der Waals surface area contributed by atoms with Gasteiger partial charge in [0.05, 0.1) is 17.5 Å². The fraction of sp³-hybridized carbons (Fsp3) is 0.500. The summed E-state index contributed by atoms with van der Waals surface area (Å²) in [6.45, 7) is 5.82. The van der Waals surface area contributed by atoms with E-state index in [9.17, 15) is 9.59 Å². The van der Waals surface area contributed by atoms with Gasteiger partial charge in [-0.2, -0.15) is 0 Å². The molecule has 0 spiro atoms. The maximum Gasteiger partial charge on any atom is 0.247 e. The highest BCUT2D eigenvalue weighted by Gasteiger charge is 2.52. The minimum atomic E-state index is -0.642. The smallest absolute Gasteiger partial charge is 0.247 e. The number of nitrogens with zero attached hydrogens (tertiary/aromatic N) is 1. The number of amides is 2. The largest absolute Gasteiger partial charge is 0.496 e. The molecule has 2 aliphatic rings. The lowest BCUT2D eigenvalue weighted by molar-refractivity contribution is -0.165. The highest BCUT2D eigenvalue weighted by Crippen LogP contribution is 2.42. The van der Waals surface area contributed by atoms with Gasteiger partial charge in [-0.05, 0) is 67.2 Å². The van der Waals surface area contributed by atoms with Crippen LogP contribution in [-0.2, 0) is 9.59 Å². The van der Waals surface area contributed by atoms with Crippen molar-refractivity contribution in [1.29, 1.82) is 0 Å². The van der Waals surface area contributed by atoms with Crippen molar-refractivity contribution in [3.05, 3.63) is 40.4 Å². The van der Waals surface area contributed by atoms with E-state index in [0.717, 1.165) is 22.9 Å². The molecule has 0 radical (unpaired) electrons. The Hall–Kier alpha value is -1.82. The molecule has 0 aromatic heterocycles. The lowest BCUT2D eigenvalue weighted by Crippen LogP contribution is -2.64. The van der Waals surface area contributed by atoms with Crippen molar-refractivity contribution >= 4 is 27.7 Å². The van der Waals surface area contributed by atoms with Gasteiger partial charge < -0.3 is 15.0 Å². The van der Waals surface area contributed by atoms with Crippen LogP contribution in [-0.4, -0.2) is 35.4 Å². The number of β-lactam (4-membered cyclic amide) rings is 1. The molecule has 1 saturated heterocycles. The number of allylic oxidation sites excluding steroid dienone is 1. The number of carbonyl (C=O) groups is 2. The molecule has 1 fully saturated rings. The number of benzene rings is 1. The average Bonchev–Trinajstić information content (AvgIpc) is 2.57. The summed E-state index contributed by atoms with van der Waals surface area (Å²) in [6.07, 6.45) is 5.72. The van der Waals surface area contributed by atoms with Gasteiger partial charge in [0.2, 0.25) is 11.8 Å². The molecule has 3 atom stereocenters. The Balaban J connectivity index is 1.97. The van der Waals surface area contributed by atoms with Crippen LogP contribution in [0.25, 0.3) is 0 Å². The summed E-state index contributed by atoms with van der Waals surface area (Å²) < 4.78 is 6.05. The zero-order valence-corrected chi connectivity index (χ0v) is 17.2. The molecule has 0 bridgehead atoms. The minimum absolute atomic E-state index is 0.00613. The Bertz CT molecular complexity index is 754. The summed E-state index contributed by atoms with van der Waals surface area (Å²) in [5.41, 5.74) is 0.402. The molecule has 1 aliphatic carbocycles. The molecule has 1 N–H and O–H groups in total. The van der Waals surface area contributed by atoms with Gasteiger partial charge in [0, 0.05) is 11.6 Å². The number of hydrogen-bond acceptors (Lipinski definition) is 3. The molecule has 1 aromatic rings. The number of carbonyl (C=O) groups excluding carboxylic acids is 2. The third-order valence-corrected chi connectivity index (χ3v) is 5.46. The Kier molecular flexibility index (Phi) is 5.15. The highest BCUT2D eigenvalue weighted by molar-refractivity contribution is 9.10. The van der Waals surface area contributed by atoms with Crippen LogP contribution in [0.2, 0.25) is 0 Å². The molecule has 1 unspecified atom stereocenters. The van der Waals surface area contributed by atoms with Crippen LogP contribution in [0.1, 0.15) is 45.2 Å². The SMILES string of the molecule is COc1ccc(C(C(=O)NC(C)(C)C)N2C(=O)[C@@H]3CC=CC[C@@H]32)cc1Br. The second-order valence-corrected chi connectivity index (χ2v) is 8.75. The Labute approximate surface area is 162 Å². The number of likely N-dealkylation sites (tertiary alicyclic amines) is 1. The molecule has 2 amide bonds. The zero-order chi connectivity index (χ0) is 19.1. The monoisotopic (exact) mass is 420 g/mol. The molecular formula is C20H25BrN2O3. The van der Waals surface area contributed by atoms with E-state index in [0.29, 0.717) is 5.75 Å². The standard InChI is InChI=1S/C20H25BrN2O3/c1-20(2,3)22-18(24)17(12-9-10-16(26-4)14(21)11-12)23-15-8-6-5-7-13(15)19(23)25/h5-6,9-11,13,15,17H,7-8H2,1-4H3,(H,22,24)/t13-,15+,17?/m1/s1. The van der Waals surface area contributed by atoms with E-state index in [4.69, 9.17) is 4.74 Å². The van der Waals surface area contributed by atoms with Crippen LogP contribution in [0.15, 0.2) is 34.8 Å². The van der Waals surface area contributed by atoms with Crippen LogP contribution in [0, 0.1) is 5.92 Å². The number of rotatable bonds is 4. The van der Waals surface area contributed by atoms with E-state index < -0.39 is 6.04 Å². The lowest BCUT2D eigenvalue weighted by Gasteiger charge is -2.51. The first-order valence-electron chi connectivity index (χ1n) is 8.85. The summed E-state index contributed by atoms with van der Waals surface area (Å²) in [5, 5.41) is 3.03. The maximum atomic E-state index is 13.1. The minimum Gasteiger partial charge on any atom is -0.496 e. The van der Waals surface area contributed by atoms with Crippen molar-refractivity contribution in [2.24, 2.45) is 5.92 Å². The van der Waals surface area contributed by atoms with Gasteiger partial charge in [-0.3, -0.25) is 9.59 Å². The number of halogens is 1. The summed E-state index contributed by atoms with van der Waals surface area (Å²) >= 11 is 3.49.